The van der Waals surface area contributed by atoms with Crippen molar-refractivity contribution in [2.45, 2.75) is 24.3 Å². The van der Waals surface area contributed by atoms with Crippen LogP contribution in [-0.4, -0.2) is 17.0 Å². The second-order valence-electron chi connectivity index (χ2n) is 3.24. The van der Waals surface area contributed by atoms with Gasteiger partial charge >= 0.3 is 0 Å². The van der Waals surface area contributed by atoms with E-state index < -0.39 is 6.10 Å². The van der Waals surface area contributed by atoms with E-state index in [1.54, 1.807) is 19.1 Å². The van der Waals surface area contributed by atoms with Crippen LogP contribution in [0.4, 0.5) is 4.39 Å². The van der Waals surface area contributed by atoms with Gasteiger partial charge in [0.25, 0.3) is 0 Å². The Morgan fingerprint density at radius 1 is 1.60 bits per heavy atom. The average Bonchev–Trinajstić information content (AvgIpc) is 2.20. The van der Waals surface area contributed by atoms with Crippen molar-refractivity contribution in [1.29, 1.82) is 5.26 Å². The van der Waals surface area contributed by atoms with Crippen LogP contribution in [0.3, 0.4) is 0 Å². The van der Waals surface area contributed by atoms with Gasteiger partial charge in [0.2, 0.25) is 0 Å². The summed E-state index contributed by atoms with van der Waals surface area (Å²) in [6.07, 6.45) is -0.488. The Balaban J connectivity index is 2.51. The molecule has 0 aliphatic heterocycles. The monoisotopic (exact) mass is 225 g/mol. The van der Waals surface area contributed by atoms with Crippen molar-refractivity contribution in [1.82, 2.24) is 0 Å². The topological polar surface area (TPSA) is 44.0 Å². The third-order valence-corrected chi connectivity index (χ3v) is 3.04. The van der Waals surface area contributed by atoms with Crippen LogP contribution in [0.5, 0.6) is 0 Å². The molecule has 2 nitrogen and oxygen atoms in total. The first-order valence-electron chi connectivity index (χ1n) is 4.57. The lowest BCUT2D eigenvalue weighted by Gasteiger charge is -2.06. The number of nitrogens with zero attached hydrogens (tertiary/aromatic N) is 1. The van der Waals surface area contributed by atoms with E-state index in [0.29, 0.717) is 11.3 Å². The van der Waals surface area contributed by atoms with Gasteiger partial charge in [-0.15, -0.1) is 11.8 Å². The highest BCUT2D eigenvalue weighted by molar-refractivity contribution is 7.99. The van der Waals surface area contributed by atoms with Gasteiger partial charge in [-0.1, -0.05) is 0 Å². The first-order valence-corrected chi connectivity index (χ1v) is 5.56. The van der Waals surface area contributed by atoms with Gasteiger partial charge in [0.1, 0.15) is 5.82 Å². The van der Waals surface area contributed by atoms with Crippen LogP contribution < -0.4 is 0 Å². The van der Waals surface area contributed by atoms with E-state index >= 15 is 0 Å². The molecule has 0 spiro atoms. The fourth-order valence-corrected chi connectivity index (χ4v) is 1.99. The summed E-state index contributed by atoms with van der Waals surface area (Å²) >= 11 is 1.42. The van der Waals surface area contributed by atoms with E-state index in [4.69, 9.17) is 5.26 Å². The maximum Gasteiger partial charge on any atom is 0.126 e. The van der Waals surface area contributed by atoms with Gasteiger partial charge in [0.05, 0.1) is 18.6 Å². The van der Waals surface area contributed by atoms with Gasteiger partial charge in [-0.25, -0.2) is 4.39 Å². The first-order chi connectivity index (χ1) is 7.13. The Hall–Kier alpha value is -1.05. The van der Waals surface area contributed by atoms with Crippen LogP contribution in [0.25, 0.3) is 0 Å². The molecule has 0 radical (unpaired) electrons. The smallest absolute Gasteiger partial charge is 0.126 e. The van der Waals surface area contributed by atoms with Crippen LogP contribution >= 0.6 is 11.8 Å². The average molecular weight is 225 g/mol. The quantitative estimate of drug-likeness (QED) is 0.801. The lowest BCUT2D eigenvalue weighted by atomic mass is 10.2. The summed E-state index contributed by atoms with van der Waals surface area (Å²) in [4.78, 5) is 0.908. The maximum atomic E-state index is 12.9. The normalized spacial score (nSPS) is 12.1. The summed E-state index contributed by atoms with van der Waals surface area (Å²) in [5.74, 6) is 0.232. The highest BCUT2D eigenvalue weighted by Crippen LogP contribution is 2.21. The molecule has 0 fully saturated rings. The molecule has 0 heterocycles. The summed E-state index contributed by atoms with van der Waals surface area (Å²) in [6.45, 7) is 1.70. The Morgan fingerprint density at radius 2 is 2.33 bits per heavy atom. The van der Waals surface area contributed by atoms with E-state index in [9.17, 15) is 9.50 Å². The maximum absolute atomic E-state index is 12.9. The molecule has 1 rings (SSSR count). The van der Waals surface area contributed by atoms with Crippen LogP contribution in [0.15, 0.2) is 23.1 Å². The van der Waals surface area contributed by atoms with Gasteiger partial charge in [0.15, 0.2) is 0 Å². The highest BCUT2D eigenvalue weighted by atomic mass is 32.2. The van der Waals surface area contributed by atoms with E-state index in [2.05, 4.69) is 0 Å². The third-order valence-electron chi connectivity index (χ3n) is 1.90. The van der Waals surface area contributed by atoms with Gasteiger partial charge in [-0.2, -0.15) is 5.26 Å². The zero-order chi connectivity index (χ0) is 11.3. The summed E-state index contributed by atoms with van der Waals surface area (Å²) in [6, 6.07) is 6.72. The standard InChI is InChI=1S/C11H12FNOS/c1-8-6-10(2-3-11(8)12)15-7-9(14)4-5-13/h2-3,6,9,14H,4,7H2,1H3. The Bertz CT molecular complexity index is 375. The van der Waals surface area contributed by atoms with Crippen molar-refractivity contribution in [3.05, 3.63) is 29.6 Å². The van der Waals surface area contributed by atoms with Crippen LogP contribution in [-0.2, 0) is 0 Å². The molecule has 1 aromatic rings. The molecular formula is C11H12FNOS. The third kappa shape index (κ3) is 3.90. The summed E-state index contributed by atoms with van der Waals surface area (Å²) in [7, 11) is 0. The predicted octanol–water partition coefficient (Wildman–Crippen LogP) is 2.50. The Labute approximate surface area is 92.7 Å². The van der Waals surface area contributed by atoms with E-state index in [1.165, 1.54) is 17.8 Å². The molecule has 4 heteroatoms. The van der Waals surface area contributed by atoms with Crippen LogP contribution in [0, 0.1) is 24.1 Å². The summed E-state index contributed by atoms with van der Waals surface area (Å²) in [5, 5.41) is 17.7. The molecule has 1 unspecified atom stereocenters. The van der Waals surface area contributed by atoms with Crippen molar-refractivity contribution in [3.8, 4) is 6.07 Å². The molecule has 1 atom stereocenters. The minimum atomic E-state index is -0.620. The molecule has 0 bridgehead atoms. The van der Waals surface area contributed by atoms with Crippen molar-refractivity contribution in [3.63, 3.8) is 0 Å². The molecule has 0 aliphatic rings. The molecule has 0 saturated heterocycles. The largest absolute Gasteiger partial charge is 0.391 e. The van der Waals surface area contributed by atoms with E-state index in [0.717, 1.165) is 4.90 Å². The number of halogens is 1. The predicted molar refractivity (Wildman–Crippen MR) is 58.1 cm³/mol. The molecule has 0 amide bonds. The fraction of sp³-hybridized carbons (Fsp3) is 0.364. The first kappa shape index (κ1) is 12.0. The number of thioether (sulfide) groups is 1. The lowest BCUT2D eigenvalue weighted by Crippen LogP contribution is -2.08. The van der Waals surface area contributed by atoms with E-state index in [1.807, 2.05) is 6.07 Å². The number of rotatable bonds is 4. The second kappa shape index (κ2) is 5.74. The number of nitriles is 1. The van der Waals surface area contributed by atoms with Crippen molar-refractivity contribution in [2.75, 3.05) is 5.75 Å². The zero-order valence-corrected chi connectivity index (χ0v) is 9.22. The van der Waals surface area contributed by atoms with Gasteiger partial charge in [0, 0.05) is 10.6 Å². The fourth-order valence-electron chi connectivity index (χ4n) is 1.06. The van der Waals surface area contributed by atoms with Crippen LogP contribution in [0.1, 0.15) is 12.0 Å². The minimum absolute atomic E-state index is 0.132. The molecule has 15 heavy (non-hydrogen) atoms. The summed E-state index contributed by atoms with van der Waals surface area (Å²) < 4.78 is 12.9. The zero-order valence-electron chi connectivity index (χ0n) is 8.40. The van der Waals surface area contributed by atoms with Gasteiger partial charge in [-0.05, 0) is 30.7 Å². The number of aliphatic hydroxyl groups excluding tert-OH is 1. The number of aliphatic hydroxyl groups is 1. The van der Waals surface area contributed by atoms with Crippen molar-refractivity contribution >= 4 is 11.8 Å². The molecule has 0 aliphatic carbocycles. The highest BCUT2D eigenvalue weighted by Gasteiger charge is 2.05. The van der Waals surface area contributed by atoms with Gasteiger partial charge in [-0.3, -0.25) is 0 Å². The SMILES string of the molecule is Cc1cc(SCC(O)CC#N)ccc1F. The van der Waals surface area contributed by atoms with Crippen molar-refractivity contribution < 1.29 is 9.50 Å². The molecule has 0 saturated carbocycles. The van der Waals surface area contributed by atoms with Gasteiger partial charge < -0.3 is 5.11 Å². The molecule has 0 aromatic heterocycles. The molecule has 80 valence electrons. The number of hydrogen-bond acceptors (Lipinski definition) is 3. The van der Waals surface area contributed by atoms with Crippen molar-refractivity contribution in [2.24, 2.45) is 0 Å². The number of hydrogen-bond donors (Lipinski definition) is 1. The molecule has 1 aromatic carbocycles. The Morgan fingerprint density at radius 3 is 2.93 bits per heavy atom. The number of benzene rings is 1. The molecule has 1 N–H and O–H groups in total. The van der Waals surface area contributed by atoms with Crippen LogP contribution in [0.2, 0.25) is 0 Å². The Kier molecular flexibility index (Phi) is 4.60. The second-order valence-corrected chi connectivity index (χ2v) is 4.33. The minimum Gasteiger partial charge on any atom is -0.391 e. The molecular weight excluding hydrogens is 213 g/mol. The number of aryl methyl sites for hydroxylation is 1. The lowest BCUT2D eigenvalue weighted by molar-refractivity contribution is 0.205. The summed E-state index contributed by atoms with van der Waals surface area (Å²) in [5.41, 5.74) is 0.592. The van der Waals surface area contributed by atoms with E-state index in [-0.39, 0.29) is 12.2 Å².